The predicted octanol–water partition coefficient (Wildman–Crippen LogP) is 4.55. The van der Waals surface area contributed by atoms with Gasteiger partial charge in [0, 0.05) is 36.1 Å². The SMILES string of the molecule is N#Cc1ccc(CC23CCCN2C(=O)N(c2cc(Cl)cc(-n4cccc4)c2)C3=O)cc1. The van der Waals surface area contributed by atoms with Crippen LogP contribution in [0, 0.1) is 11.3 Å². The van der Waals surface area contributed by atoms with E-state index in [1.807, 2.05) is 41.2 Å². The summed E-state index contributed by atoms with van der Waals surface area (Å²) in [5.74, 6) is -0.222. The Balaban J connectivity index is 1.53. The van der Waals surface area contributed by atoms with E-state index < -0.39 is 5.54 Å². The first kappa shape index (κ1) is 19.4. The van der Waals surface area contributed by atoms with Crippen LogP contribution < -0.4 is 4.90 Å². The number of aromatic nitrogens is 1. The van der Waals surface area contributed by atoms with Crippen LogP contribution in [0.1, 0.15) is 24.0 Å². The topological polar surface area (TPSA) is 69.3 Å². The Morgan fingerprint density at radius 3 is 2.45 bits per heavy atom. The molecule has 1 aromatic heterocycles. The average Bonchev–Trinajstić information content (AvgIpc) is 3.48. The molecule has 0 radical (unpaired) electrons. The first-order valence-corrected chi connectivity index (χ1v) is 10.5. The second-order valence-corrected chi connectivity index (χ2v) is 8.39. The van der Waals surface area contributed by atoms with Crippen molar-refractivity contribution in [2.24, 2.45) is 0 Å². The quantitative estimate of drug-likeness (QED) is 0.570. The molecule has 2 aliphatic rings. The summed E-state index contributed by atoms with van der Waals surface area (Å²) >= 11 is 6.35. The molecular weight excluding hydrogens is 412 g/mol. The monoisotopic (exact) mass is 430 g/mol. The molecule has 0 bridgehead atoms. The third-order valence-corrected chi connectivity index (χ3v) is 6.34. The fourth-order valence-electron chi connectivity index (χ4n) is 4.66. The number of carbonyl (C=O) groups excluding carboxylic acids is 2. The minimum Gasteiger partial charge on any atom is -0.324 e. The van der Waals surface area contributed by atoms with Crippen molar-refractivity contribution in [3.63, 3.8) is 0 Å². The maximum absolute atomic E-state index is 13.7. The third kappa shape index (κ3) is 3.09. The van der Waals surface area contributed by atoms with Gasteiger partial charge in [0.05, 0.1) is 17.3 Å². The van der Waals surface area contributed by atoms with Crippen LogP contribution in [-0.4, -0.2) is 33.5 Å². The third-order valence-electron chi connectivity index (χ3n) is 6.12. The maximum Gasteiger partial charge on any atom is 0.332 e. The summed E-state index contributed by atoms with van der Waals surface area (Å²) in [6.07, 6.45) is 5.58. The summed E-state index contributed by atoms with van der Waals surface area (Å²) in [5.41, 5.74) is 1.84. The molecule has 2 fully saturated rings. The average molecular weight is 431 g/mol. The second-order valence-electron chi connectivity index (χ2n) is 7.95. The summed E-state index contributed by atoms with van der Waals surface area (Å²) < 4.78 is 1.88. The van der Waals surface area contributed by atoms with Gasteiger partial charge in [-0.3, -0.25) is 4.79 Å². The Labute approximate surface area is 184 Å². The number of carbonyl (C=O) groups is 2. The molecule has 0 N–H and O–H groups in total. The molecule has 154 valence electrons. The lowest BCUT2D eigenvalue weighted by Crippen LogP contribution is -2.47. The number of amides is 3. The number of urea groups is 1. The Kier molecular flexibility index (Phi) is 4.57. The molecule has 0 aliphatic carbocycles. The minimum absolute atomic E-state index is 0.222. The molecule has 0 spiro atoms. The molecule has 6 nitrogen and oxygen atoms in total. The van der Waals surface area contributed by atoms with E-state index >= 15 is 0 Å². The number of benzene rings is 2. The summed E-state index contributed by atoms with van der Waals surface area (Å²) in [6.45, 7) is 0.544. The van der Waals surface area contributed by atoms with Crippen LogP contribution in [0.4, 0.5) is 10.5 Å². The van der Waals surface area contributed by atoms with Crippen molar-refractivity contribution in [1.29, 1.82) is 5.26 Å². The molecule has 2 aromatic carbocycles. The van der Waals surface area contributed by atoms with Crippen LogP contribution >= 0.6 is 11.6 Å². The molecule has 3 amide bonds. The van der Waals surface area contributed by atoms with Gasteiger partial charge in [-0.15, -0.1) is 0 Å². The van der Waals surface area contributed by atoms with E-state index in [0.29, 0.717) is 35.7 Å². The number of nitrogens with zero attached hydrogens (tertiary/aromatic N) is 4. The Morgan fingerprint density at radius 1 is 1.03 bits per heavy atom. The van der Waals surface area contributed by atoms with Gasteiger partial charge >= 0.3 is 6.03 Å². The van der Waals surface area contributed by atoms with Crippen molar-refractivity contribution in [2.45, 2.75) is 24.8 Å². The molecule has 0 saturated carbocycles. The van der Waals surface area contributed by atoms with E-state index in [4.69, 9.17) is 16.9 Å². The van der Waals surface area contributed by atoms with E-state index in [1.54, 1.807) is 35.2 Å². The Bertz CT molecular complexity index is 1210. The molecule has 1 unspecified atom stereocenters. The number of hydrogen-bond donors (Lipinski definition) is 0. The number of nitriles is 1. The van der Waals surface area contributed by atoms with Crippen LogP contribution in [0.15, 0.2) is 67.0 Å². The van der Waals surface area contributed by atoms with Crippen LogP contribution in [0.5, 0.6) is 0 Å². The number of halogens is 1. The molecule has 1 atom stereocenters. The highest BCUT2D eigenvalue weighted by Gasteiger charge is 2.59. The van der Waals surface area contributed by atoms with Gasteiger partial charge in [0.25, 0.3) is 5.91 Å². The smallest absolute Gasteiger partial charge is 0.324 e. The van der Waals surface area contributed by atoms with Crippen LogP contribution in [0.2, 0.25) is 5.02 Å². The first-order valence-electron chi connectivity index (χ1n) is 10.1. The number of rotatable bonds is 4. The summed E-state index contributed by atoms with van der Waals surface area (Å²) in [4.78, 5) is 30.0. The summed E-state index contributed by atoms with van der Waals surface area (Å²) in [6, 6.07) is 18.0. The second kappa shape index (κ2) is 7.29. The fraction of sp³-hybridized carbons (Fsp3) is 0.208. The Hall–Kier alpha value is -3.56. The van der Waals surface area contributed by atoms with Gasteiger partial charge in [0.1, 0.15) is 5.54 Å². The largest absolute Gasteiger partial charge is 0.332 e. The predicted molar refractivity (Wildman–Crippen MR) is 117 cm³/mol. The van der Waals surface area contributed by atoms with Gasteiger partial charge < -0.3 is 9.47 Å². The molecule has 2 saturated heterocycles. The molecule has 7 heteroatoms. The minimum atomic E-state index is -0.902. The van der Waals surface area contributed by atoms with Gasteiger partial charge in [-0.1, -0.05) is 23.7 Å². The molecular formula is C24H19ClN4O2. The number of fused-ring (bicyclic) bond motifs is 1. The van der Waals surface area contributed by atoms with E-state index in [0.717, 1.165) is 17.7 Å². The zero-order valence-corrected chi connectivity index (χ0v) is 17.4. The van der Waals surface area contributed by atoms with Gasteiger partial charge in [0.15, 0.2) is 0 Å². The molecule has 3 heterocycles. The zero-order valence-electron chi connectivity index (χ0n) is 16.7. The van der Waals surface area contributed by atoms with Crippen LogP contribution in [-0.2, 0) is 11.2 Å². The van der Waals surface area contributed by atoms with Crippen molar-refractivity contribution in [2.75, 3.05) is 11.4 Å². The van der Waals surface area contributed by atoms with Crippen LogP contribution in [0.3, 0.4) is 0 Å². The highest BCUT2D eigenvalue weighted by molar-refractivity contribution is 6.31. The molecule has 2 aliphatic heterocycles. The van der Waals surface area contributed by atoms with E-state index in [-0.39, 0.29) is 11.9 Å². The highest BCUT2D eigenvalue weighted by Crippen LogP contribution is 2.42. The zero-order chi connectivity index (χ0) is 21.6. The normalized spacial score (nSPS) is 20.3. The lowest BCUT2D eigenvalue weighted by molar-refractivity contribution is -0.123. The fourth-order valence-corrected chi connectivity index (χ4v) is 4.88. The lowest BCUT2D eigenvalue weighted by Gasteiger charge is -2.28. The van der Waals surface area contributed by atoms with E-state index in [9.17, 15) is 9.59 Å². The van der Waals surface area contributed by atoms with Crippen molar-refractivity contribution in [3.8, 4) is 11.8 Å². The van der Waals surface area contributed by atoms with Gasteiger partial charge in [-0.2, -0.15) is 5.26 Å². The molecule has 3 aromatic rings. The number of anilines is 1. The summed E-state index contributed by atoms with van der Waals surface area (Å²) in [5, 5.41) is 9.49. The maximum atomic E-state index is 13.7. The van der Waals surface area contributed by atoms with E-state index in [2.05, 4.69) is 6.07 Å². The highest BCUT2D eigenvalue weighted by atomic mass is 35.5. The van der Waals surface area contributed by atoms with E-state index in [1.165, 1.54) is 4.90 Å². The van der Waals surface area contributed by atoms with Gasteiger partial charge in [-0.25, -0.2) is 9.69 Å². The Morgan fingerprint density at radius 2 is 1.74 bits per heavy atom. The van der Waals surface area contributed by atoms with Gasteiger partial charge in [0.2, 0.25) is 0 Å². The van der Waals surface area contributed by atoms with Crippen molar-refractivity contribution < 1.29 is 9.59 Å². The molecule has 31 heavy (non-hydrogen) atoms. The number of hydrogen-bond acceptors (Lipinski definition) is 3. The van der Waals surface area contributed by atoms with Gasteiger partial charge in [-0.05, 0) is 60.9 Å². The van der Waals surface area contributed by atoms with Crippen LogP contribution in [0.25, 0.3) is 5.69 Å². The number of imide groups is 1. The lowest BCUT2D eigenvalue weighted by atomic mass is 9.87. The first-order chi connectivity index (χ1) is 15.0. The molecule has 5 rings (SSSR count). The summed E-state index contributed by atoms with van der Waals surface area (Å²) in [7, 11) is 0. The van der Waals surface area contributed by atoms with Crippen molar-refractivity contribution in [1.82, 2.24) is 9.47 Å². The van der Waals surface area contributed by atoms with Crippen molar-refractivity contribution >= 4 is 29.2 Å². The van der Waals surface area contributed by atoms with Crippen molar-refractivity contribution in [3.05, 3.63) is 83.1 Å². The standard InChI is InChI=1S/C24H19ClN4O2/c25-19-12-20(27-9-1-2-10-27)14-21(13-19)29-22(30)24(8-3-11-28(24)23(29)31)15-17-4-6-18(16-26)7-5-17/h1-2,4-7,9-10,12-14H,3,8,11,15H2.